The molecule has 0 bridgehead atoms. The Morgan fingerprint density at radius 3 is 2.31 bits per heavy atom. The number of methoxy groups -OCH3 is 1. The van der Waals surface area contributed by atoms with Gasteiger partial charge in [-0.3, -0.25) is 4.98 Å². The lowest BCUT2D eigenvalue weighted by Crippen LogP contribution is -2.30. The smallest absolute Gasteiger partial charge is 0.174 e. The second-order valence-electron chi connectivity index (χ2n) is 7.77. The second-order valence-corrected chi connectivity index (χ2v) is 8.15. The van der Waals surface area contributed by atoms with Crippen LogP contribution in [0.2, 0.25) is 0 Å². The summed E-state index contributed by atoms with van der Waals surface area (Å²) in [6.45, 7) is 2.12. The first-order valence-electron chi connectivity index (χ1n) is 10.6. The van der Waals surface area contributed by atoms with Crippen molar-refractivity contribution in [2.24, 2.45) is 0 Å². The van der Waals surface area contributed by atoms with Crippen molar-refractivity contribution in [3.63, 3.8) is 0 Å². The van der Waals surface area contributed by atoms with Crippen molar-refractivity contribution >= 4 is 23.0 Å². The van der Waals surface area contributed by atoms with Crippen molar-refractivity contribution in [1.29, 1.82) is 0 Å². The third kappa shape index (κ3) is 3.52. The number of aryl methyl sites for hydroxylation is 1. The highest BCUT2D eigenvalue weighted by Gasteiger charge is 2.42. The number of pyridine rings is 1. The van der Waals surface area contributed by atoms with Crippen molar-refractivity contribution in [2.75, 3.05) is 12.0 Å². The molecule has 4 aromatic rings. The number of para-hydroxylation sites is 1. The minimum Gasteiger partial charge on any atom is -0.497 e. The molecule has 32 heavy (non-hydrogen) atoms. The topological polar surface area (TPSA) is 42.3 Å². The van der Waals surface area contributed by atoms with Crippen LogP contribution in [0.1, 0.15) is 29.2 Å². The van der Waals surface area contributed by atoms with Crippen LogP contribution in [0.25, 0.3) is 5.69 Å². The predicted molar refractivity (Wildman–Crippen MR) is 131 cm³/mol. The number of rotatable bonds is 5. The van der Waals surface area contributed by atoms with Gasteiger partial charge in [0.15, 0.2) is 5.11 Å². The van der Waals surface area contributed by atoms with Crippen LogP contribution in [0.4, 0.5) is 5.69 Å². The van der Waals surface area contributed by atoms with Gasteiger partial charge in [-0.25, -0.2) is 0 Å². The Labute approximate surface area is 193 Å². The Morgan fingerprint density at radius 1 is 0.875 bits per heavy atom. The molecule has 1 aliphatic heterocycles. The molecular weight excluding hydrogens is 416 g/mol. The summed E-state index contributed by atoms with van der Waals surface area (Å²) in [6.07, 6.45) is 1.83. The summed E-state index contributed by atoms with van der Waals surface area (Å²) in [5, 5.41) is 4.23. The van der Waals surface area contributed by atoms with Crippen LogP contribution in [0.3, 0.4) is 0 Å². The lowest BCUT2D eigenvalue weighted by molar-refractivity contribution is 0.414. The van der Waals surface area contributed by atoms with Crippen LogP contribution >= 0.6 is 12.2 Å². The number of nitrogens with zero attached hydrogens (tertiary/aromatic N) is 3. The van der Waals surface area contributed by atoms with Crippen LogP contribution in [-0.4, -0.2) is 21.8 Å². The van der Waals surface area contributed by atoms with E-state index in [1.165, 1.54) is 0 Å². The van der Waals surface area contributed by atoms with E-state index in [-0.39, 0.29) is 12.1 Å². The SMILES string of the molecule is COc1ccc(-n2c(C)ccc2[C@H]2[C@@H](c3ccccn3)NC(=S)N2c2ccccc2)cc1. The van der Waals surface area contributed by atoms with Crippen LogP contribution in [0.5, 0.6) is 5.75 Å². The fourth-order valence-corrected chi connectivity index (χ4v) is 4.74. The van der Waals surface area contributed by atoms with Gasteiger partial charge in [0.2, 0.25) is 0 Å². The van der Waals surface area contributed by atoms with Crippen molar-refractivity contribution in [3.05, 3.63) is 108 Å². The molecule has 1 fully saturated rings. The summed E-state index contributed by atoms with van der Waals surface area (Å²) in [5.74, 6) is 0.834. The molecule has 1 aliphatic rings. The number of benzene rings is 2. The van der Waals surface area contributed by atoms with E-state index in [1.807, 2.05) is 48.7 Å². The van der Waals surface area contributed by atoms with Gasteiger partial charge in [-0.05, 0) is 79.8 Å². The summed E-state index contributed by atoms with van der Waals surface area (Å²) in [4.78, 5) is 6.85. The molecule has 0 unspecified atom stereocenters. The number of thiocarbonyl (C=S) groups is 1. The highest BCUT2D eigenvalue weighted by atomic mass is 32.1. The molecule has 2 atom stereocenters. The Morgan fingerprint density at radius 2 is 1.62 bits per heavy atom. The summed E-state index contributed by atoms with van der Waals surface area (Å²) >= 11 is 5.84. The molecule has 2 aromatic carbocycles. The summed E-state index contributed by atoms with van der Waals surface area (Å²) in [6, 6.07) is 28.6. The van der Waals surface area contributed by atoms with E-state index >= 15 is 0 Å². The van der Waals surface area contributed by atoms with E-state index in [0.29, 0.717) is 5.11 Å². The molecule has 160 valence electrons. The zero-order valence-electron chi connectivity index (χ0n) is 18.0. The van der Waals surface area contributed by atoms with Gasteiger partial charge in [-0.15, -0.1) is 0 Å². The highest BCUT2D eigenvalue weighted by Crippen LogP contribution is 2.42. The third-order valence-corrected chi connectivity index (χ3v) is 6.19. The number of anilines is 1. The second kappa shape index (κ2) is 8.48. The van der Waals surface area contributed by atoms with Crippen LogP contribution in [-0.2, 0) is 0 Å². The van der Waals surface area contributed by atoms with Crippen molar-refractivity contribution in [2.45, 2.75) is 19.0 Å². The fraction of sp³-hybridized carbons (Fsp3) is 0.154. The first-order valence-corrected chi connectivity index (χ1v) is 11.0. The maximum atomic E-state index is 5.84. The predicted octanol–water partition coefficient (Wildman–Crippen LogP) is 5.37. The zero-order chi connectivity index (χ0) is 22.1. The molecule has 0 saturated carbocycles. The number of ether oxygens (including phenoxy) is 1. The van der Waals surface area contributed by atoms with E-state index in [2.05, 4.69) is 69.2 Å². The maximum absolute atomic E-state index is 5.84. The van der Waals surface area contributed by atoms with E-state index in [9.17, 15) is 0 Å². The van der Waals surface area contributed by atoms with E-state index in [4.69, 9.17) is 17.0 Å². The van der Waals surface area contributed by atoms with Crippen LogP contribution in [0.15, 0.2) is 91.1 Å². The number of nitrogens with one attached hydrogen (secondary N) is 1. The van der Waals surface area contributed by atoms with E-state index in [1.54, 1.807) is 7.11 Å². The standard InChI is InChI=1S/C26H24N4OS/c1-18-11-16-23(29(18)20-12-14-21(31-2)15-13-20)25-24(22-10-6-7-17-27-22)28-26(32)30(25)19-8-4-3-5-9-19/h3-17,24-25H,1-2H3,(H,28,32)/t24-,25+/m1/s1. The molecule has 0 radical (unpaired) electrons. The average Bonchev–Trinajstić information content (AvgIpc) is 3.39. The zero-order valence-corrected chi connectivity index (χ0v) is 18.8. The quantitative estimate of drug-likeness (QED) is 0.423. The molecule has 0 amide bonds. The highest BCUT2D eigenvalue weighted by molar-refractivity contribution is 7.80. The molecule has 5 nitrogen and oxygen atoms in total. The summed E-state index contributed by atoms with van der Waals surface area (Å²) in [5.41, 5.74) is 5.37. The lowest BCUT2D eigenvalue weighted by atomic mass is 10.0. The number of hydrogen-bond acceptors (Lipinski definition) is 3. The molecular formula is C26H24N4OS. The first-order chi connectivity index (χ1) is 15.7. The van der Waals surface area contributed by atoms with Gasteiger partial charge < -0.3 is 19.5 Å². The van der Waals surface area contributed by atoms with Gasteiger partial charge >= 0.3 is 0 Å². The molecule has 1 saturated heterocycles. The molecule has 0 aliphatic carbocycles. The van der Waals surface area contributed by atoms with Crippen molar-refractivity contribution in [1.82, 2.24) is 14.9 Å². The van der Waals surface area contributed by atoms with Gasteiger partial charge in [-0.2, -0.15) is 0 Å². The maximum Gasteiger partial charge on any atom is 0.174 e. The molecule has 5 rings (SSSR count). The third-order valence-electron chi connectivity index (χ3n) is 5.87. The van der Waals surface area contributed by atoms with Crippen LogP contribution < -0.4 is 15.0 Å². The summed E-state index contributed by atoms with van der Waals surface area (Å²) in [7, 11) is 1.68. The normalized spacial score (nSPS) is 17.9. The summed E-state index contributed by atoms with van der Waals surface area (Å²) < 4.78 is 7.64. The molecule has 2 aromatic heterocycles. The minimum absolute atomic E-state index is 0.0735. The molecule has 6 heteroatoms. The Hall–Kier alpha value is -3.64. The Kier molecular flexibility index (Phi) is 5.37. The monoisotopic (exact) mass is 440 g/mol. The lowest BCUT2D eigenvalue weighted by Gasteiger charge is -2.29. The first kappa shape index (κ1) is 20.3. The molecule has 3 heterocycles. The largest absolute Gasteiger partial charge is 0.497 e. The van der Waals surface area contributed by atoms with Gasteiger partial charge in [0.25, 0.3) is 0 Å². The van der Waals surface area contributed by atoms with Gasteiger partial charge in [0.1, 0.15) is 11.8 Å². The van der Waals surface area contributed by atoms with Gasteiger partial charge in [-0.1, -0.05) is 24.3 Å². The van der Waals surface area contributed by atoms with Gasteiger partial charge in [0.05, 0.1) is 18.8 Å². The van der Waals surface area contributed by atoms with E-state index < -0.39 is 0 Å². The van der Waals surface area contributed by atoms with Crippen molar-refractivity contribution < 1.29 is 4.74 Å². The molecule has 0 spiro atoms. The molecule has 1 N–H and O–H groups in total. The minimum atomic E-state index is -0.0878. The van der Waals surface area contributed by atoms with Crippen molar-refractivity contribution in [3.8, 4) is 11.4 Å². The van der Waals surface area contributed by atoms with Gasteiger partial charge in [0, 0.05) is 29.0 Å². The fourth-order valence-electron chi connectivity index (χ4n) is 4.40. The Balaban J connectivity index is 1.68. The van der Waals surface area contributed by atoms with Crippen LogP contribution in [0, 0.1) is 6.92 Å². The Bertz CT molecular complexity index is 1220. The average molecular weight is 441 g/mol. The van der Waals surface area contributed by atoms with E-state index in [0.717, 1.165) is 34.2 Å². The number of aromatic nitrogens is 2. The number of hydrogen-bond donors (Lipinski definition) is 1.